The molecule has 4 heterocycles. The minimum Gasteiger partial charge on any atom is -0.382 e. The van der Waals surface area contributed by atoms with Crippen molar-refractivity contribution in [1.29, 1.82) is 0 Å². The Kier molecular flexibility index (Phi) is 4.10. The van der Waals surface area contributed by atoms with Crippen LogP contribution in [0.1, 0.15) is 24.2 Å². The number of hydrogen-bond donors (Lipinski definition) is 2. The van der Waals surface area contributed by atoms with Gasteiger partial charge in [-0.1, -0.05) is 36.7 Å². The fraction of sp³-hybridized carbons (Fsp3) is 0.0952. The largest absolute Gasteiger partial charge is 0.382 e. The molecule has 5 rings (SSSR count). The predicted molar refractivity (Wildman–Crippen MR) is 114 cm³/mol. The number of anilines is 1. The maximum Gasteiger partial charge on any atom is 0.183 e. The standard InChI is InChI=1S/C21H16ClN7/c1-11(20-28-19(23)18-21(29-20)26-10-25-18)13-9-12-5-4-6-14(22)16(12)27-17(13)15-7-2-3-8-24-15/h2-11H,1H3,(H3,23,25,26,28,29)/t11-/m0/s1. The number of nitrogens with one attached hydrogen (secondary N) is 1. The van der Waals surface area contributed by atoms with Gasteiger partial charge in [0.25, 0.3) is 0 Å². The predicted octanol–water partition coefficient (Wildman–Crippen LogP) is 4.35. The minimum absolute atomic E-state index is 0.189. The van der Waals surface area contributed by atoms with Crippen molar-refractivity contribution in [2.24, 2.45) is 0 Å². The number of imidazole rings is 1. The molecule has 1 aromatic carbocycles. The summed E-state index contributed by atoms with van der Waals surface area (Å²) in [4.78, 5) is 25.6. The first-order valence-electron chi connectivity index (χ1n) is 9.09. The zero-order valence-electron chi connectivity index (χ0n) is 15.5. The molecule has 8 heteroatoms. The molecule has 0 radical (unpaired) electrons. The Hall–Kier alpha value is -3.58. The Morgan fingerprint density at radius 2 is 1.93 bits per heavy atom. The smallest absolute Gasteiger partial charge is 0.183 e. The maximum absolute atomic E-state index is 6.40. The molecule has 0 unspecified atom stereocenters. The number of para-hydroxylation sites is 1. The second kappa shape index (κ2) is 6.79. The van der Waals surface area contributed by atoms with E-state index < -0.39 is 0 Å². The van der Waals surface area contributed by atoms with Gasteiger partial charge in [0, 0.05) is 17.5 Å². The zero-order chi connectivity index (χ0) is 20.0. The van der Waals surface area contributed by atoms with Crippen LogP contribution in [-0.4, -0.2) is 29.9 Å². The third-order valence-electron chi connectivity index (χ3n) is 4.92. The fourth-order valence-corrected chi connectivity index (χ4v) is 3.65. The number of nitrogens with zero attached hydrogens (tertiary/aromatic N) is 5. The van der Waals surface area contributed by atoms with Crippen molar-refractivity contribution in [3.63, 3.8) is 0 Å². The lowest BCUT2D eigenvalue weighted by molar-refractivity contribution is 0.825. The summed E-state index contributed by atoms with van der Waals surface area (Å²) in [5.74, 6) is 0.749. The number of aromatic nitrogens is 6. The van der Waals surface area contributed by atoms with Gasteiger partial charge in [0.1, 0.15) is 11.3 Å². The monoisotopic (exact) mass is 401 g/mol. The lowest BCUT2D eigenvalue weighted by Crippen LogP contribution is -2.08. The number of rotatable bonds is 3. The van der Waals surface area contributed by atoms with E-state index in [9.17, 15) is 0 Å². The number of halogens is 1. The van der Waals surface area contributed by atoms with Gasteiger partial charge in [-0.2, -0.15) is 0 Å². The van der Waals surface area contributed by atoms with Crippen LogP contribution in [0.5, 0.6) is 0 Å². The van der Waals surface area contributed by atoms with E-state index in [0.717, 1.165) is 27.9 Å². The van der Waals surface area contributed by atoms with Gasteiger partial charge in [-0.3, -0.25) is 4.98 Å². The van der Waals surface area contributed by atoms with E-state index in [0.29, 0.717) is 27.8 Å². The molecule has 142 valence electrons. The molecule has 0 spiro atoms. The number of benzene rings is 1. The number of nitrogen functional groups attached to an aromatic ring is 1. The molecule has 0 aliphatic carbocycles. The van der Waals surface area contributed by atoms with Gasteiger partial charge in [-0.15, -0.1) is 0 Å². The van der Waals surface area contributed by atoms with E-state index in [4.69, 9.17) is 22.3 Å². The second-order valence-corrected chi connectivity index (χ2v) is 7.15. The summed E-state index contributed by atoms with van der Waals surface area (Å²) in [5.41, 5.74) is 10.4. The maximum atomic E-state index is 6.40. The van der Waals surface area contributed by atoms with Crippen LogP contribution >= 0.6 is 11.6 Å². The molecule has 5 aromatic rings. The SMILES string of the molecule is C[C@H](c1nc(N)c2[nH]cnc2n1)c1cc2cccc(Cl)c2nc1-c1ccccn1. The lowest BCUT2D eigenvalue weighted by Gasteiger charge is -2.16. The molecular formula is C21H16ClN7. The summed E-state index contributed by atoms with van der Waals surface area (Å²) < 4.78 is 0. The molecule has 7 nitrogen and oxygen atoms in total. The highest BCUT2D eigenvalue weighted by molar-refractivity contribution is 6.35. The summed E-state index contributed by atoms with van der Waals surface area (Å²) in [5, 5.41) is 1.53. The van der Waals surface area contributed by atoms with E-state index in [1.54, 1.807) is 12.5 Å². The zero-order valence-corrected chi connectivity index (χ0v) is 16.2. The van der Waals surface area contributed by atoms with Crippen molar-refractivity contribution in [1.82, 2.24) is 29.9 Å². The normalized spacial score (nSPS) is 12.5. The summed E-state index contributed by atoms with van der Waals surface area (Å²) >= 11 is 6.40. The summed E-state index contributed by atoms with van der Waals surface area (Å²) in [7, 11) is 0. The molecule has 29 heavy (non-hydrogen) atoms. The highest BCUT2D eigenvalue weighted by atomic mass is 35.5. The first kappa shape index (κ1) is 17.5. The number of pyridine rings is 2. The Balaban J connectivity index is 1.75. The Bertz CT molecular complexity index is 1350. The quantitative estimate of drug-likeness (QED) is 0.465. The van der Waals surface area contributed by atoms with Gasteiger partial charge in [-0.25, -0.2) is 19.9 Å². The number of H-pyrrole nitrogens is 1. The number of hydrogen-bond acceptors (Lipinski definition) is 6. The molecule has 0 saturated carbocycles. The van der Waals surface area contributed by atoms with Crippen LogP contribution in [0.15, 0.2) is 55.0 Å². The van der Waals surface area contributed by atoms with Crippen molar-refractivity contribution < 1.29 is 0 Å². The lowest BCUT2D eigenvalue weighted by atomic mass is 9.95. The number of nitrogens with two attached hydrogens (primary N) is 1. The van der Waals surface area contributed by atoms with Crippen LogP contribution in [0.3, 0.4) is 0 Å². The third kappa shape index (κ3) is 2.96. The van der Waals surface area contributed by atoms with E-state index in [1.165, 1.54) is 0 Å². The van der Waals surface area contributed by atoms with Crippen LogP contribution in [-0.2, 0) is 0 Å². The van der Waals surface area contributed by atoms with Gasteiger partial charge in [-0.05, 0) is 29.8 Å². The molecule has 0 saturated heterocycles. The first-order chi connectivity index (χ1) is 14.1. The first-order valence-corrected chi connectivity index (χ1v) is 9.46. The molecular weight excluding hydrogens is 386 g/mol. The summed E-state index contributed by atoms with van der Waals surface area (Å²) in [6.07, 6.45) is 3.30. The van der Waals surface area contributed by atoms with Crippen LogP contribution in [0, 0.1) is 0 Å². The fourth-order valence-electron chi connectivity index (χ4n) is 3.42. The highest BCUT2D eigenvalue weighted by Gasteiger charge is 2.21. The van der Waals surface area contributed by atoms with E-state index in [1.807, 2.05) is 43.3 Å². The van der Waals surface area contributed by atoms with Gasteiger partial charge in [0.15, 0.2) is 11.5 Å². The Morgan fingerprint density at radius 3 is 2.76 bits per heavy atom. The van der Waals surface area contributed by atoms with Crippen LogP contribution in [0.25, 0.3) is 33.5 Å². The third-order valence-corrected chi connectivity index (χ3v) is 5.22. The number of fused-ring (bicyclic) bond motifs is 2. The molecule has 0 amide bonds. The van der Waals surface area contributed by atoms with Crippen molar-refractivity contribution in [3.8, 4) is 11.4 Å². The van der Waals surface area contributed by atoms with Gasteiger partial charge in [0.05, 0.1) is 28.3 Å². The average Bonchev–Trinajstić information content (AvgIpc) is 3.23. The van der Waals surface area contributed by atoms with E-state index >= 15 is 0 Å². The van der Waals surface area contributed by atoms with Gasteiger partial charge < -0.3 is 10.7 Å². The molecule has 0 bridgehead atoms. The average molecular weight is 402 g/mol. The number of aromatic amines is 1. The van der Waals surface area contributed by atoms with Crippen LogP contribution in [0.4, 0.5) is 5.82 Å². The second-order valence-electron chi connectivity index (χ2n) is 6.74. The minimum atomic E-state index is -0.189. The van der Waals surface area contributed by atoms with Gasteiger partial charge >= 0.3 is 0 Å². The summed E-state index contributed by atoms with van der Waals surface area (Å²) in [6, 6.07) is 13.5. The van der Waals surface area contributed by atoms with Crippen molar-refractivity contribution >= 4 is 39.5 Å². The molecule has 4 aromatic heterocycles. The summed E-state index contributed by atoms with van der Waals surface area (Å²) in [6.45, 7) is 2.02. The molecule has 1 atom stereocenters. The van der Waals surface area contributed by atoms with Crippen molar-refractivity contribution in [2.45, 2.75) is 12.8 Å². The molecule has 0 aliphatic heterocycles. The van der Waals surface area contributed by atoms with Crippen molar-refractivity contribution in [2.75, 3.05) is 5.73 Å². The topological polar surface area (TPSA) is 106 Å². The molecule has 3 N–H and O–H groups in total. The van der Waals surface area contributed by atoms with Gasteiger partial charge in [0.2, 0.25) is 0 Å². The van der Waals surface area contributed by atoms with Crippen LogP contribution < -0.4 is 5.73 Å². The Morgan fingerprint density at radius 1 is 1.03 bits per heavy atom. The van der Waals surface area contributed by atoms with E-state index in [2.05, 4.69) is 31.0 Å². The Labute approximate surface area is 171 Å². The molecule has 0 fully saturated rings. The molecule has 0 aliphatic rings. The highest BCUT2D eigenvalue weighted by Crippen LogP contribution is 2.34. The van der Waals surface area contributed by atoms with Crippen molar-refractivity contribution in [3.05, 3.63) is 71.4 Å². The van der Waals surface area contributed by atoms with Crippen LogP contribution in [0.2, 0.25) is 5.02 Å². The van der Waals surface area contributed by atoms with E-state index in [-0.39, 0.29) is 5.92 Å².